The number of ether oxygens (including phenoxy) is 1. The fourth-order valence-corrected chi connectivity index (χ4v) is 5.28. The lowest BCUT2D eigenvalue weighted by Gasteiger charge is -2.28. The van der Waals surface area contributed by atoms with Gasteiger partial charge in [0.2, 0.25) is 10.0 Å². The fourth-order valence-electron chi connectivity index (χ4n) is 3.56. The lowest BCUT2D eigenvalue weighted by Crippen LogP contribution is -2.34. The van der Waals surface area contributed by atoms with Crippen LogP contribution in [0.25, 0.3) is 0 Å². The van der Waals surface area contributed by atoms with Crippen LogP contribution in [0.5, 0.6) is 5.75 Å². The molecule has 0 bridgehead atoms. The molecule has 33 heavy (non-hydrogen) atoms. The number of hydrogen-bond acceptors (Lipinski definition) is 5. The van der Waals surface area contributed by atoms with Crippen LogP contribution in [-0.2, 0) is 10.0 Å². The summed E-state index contributed by atoms with van der Waals surface area (Å²) in [5.74, 6) is 0.132. The van der Waals surface area contributed by atoms with Crippen LogP contribution in [0.1, 0.15) is 42.2 Å². The molecule has 3 aromatic rings. The van der Waals surface area contributed by atoms with Crippen molar-refractivity contribution in [1.82, 2.24) is 4.31 Å². The maximum Gasteiger partial charge on any atom is 0.255 e. The van der Waals surface area contributed by atoms with Crippen LogP contribution in [0.15, 0.2) is 77.7 Å². The van der Waals surface area contributed by atoms with E-state index in [0.717, 1.165) is 5.56 Å². The average Bonchev–Trinajstić information content (AvgIpc) is 2.82. The molecule has 174 valence electrons. The van der Waals surface area contributed by atoms with E-state index in [2.05, 4.69) is 5.32 Å². The second-order valence-corrected chi connectivity index (χ2v) is 9.53. The van der Waals surface area contributed by atoms with Crippen molar-refractivity contribution in [3.05, 3.63) is 83.9 Å². The number of sulfonamides is 1. The zero-order valence-corrected chi connectivity index (χ0v) is 19.8. The van der Waals surface area contributed by atoms with Crippen LogP contribution < -0.4 is 15.8 Å². The topological polar surface area (TPSA) is 102 Å². The van der Waals surface area contributed by atoms with Gasteiger partial charge >= 0.3 is 0 Å². The highest BCUT2D eigenvalue weighted by atomic mass is 32.2. The minimum atomic E-state index is -3.73. The Morgan fingerprint density at radius 2 is 1.73 bits per heavy atom. The molecule has 8 heteroatoms. The third-order valence-corrected chi connectivity index (χ3v) is 7.35. The van der Waals surface area contributed by atoms with E-state index < -0.39 is 10.0 Å². The number of hydrogen-bond donors (Lipinski definition) is 2. The van der Waals surface area contributed by atoms with E-state index in [4.69, 9.17) is 10.5 Å². The van der Waals surface area contributed by atoms with Crippen molar-refractivity contribution in [2.45, 2.75) is 31.2 Å². The number of nitrogens with zero attached hydrogens (tertiary/aromatic N) is 1. The first-order valence-corrected chi connectivity index (χ1v) is 12.1. The van der Waals surface area contributed by atoms with Gasteiger partial charge in [-0.1, -0.05) is 37.3 Å². The number of carbonyl (C=O) groups is 1. The van der Waals surface area contributed by atoms with E-state index in [0.29, 0.717) is 35.7 Å². The molecule has 0 aromatic heterocycles. The summed E-state index contributed by atoms with van der Waals surface area (Å²) >= 11 is 0. The molecule has 0 saturated carbocycles. The lowest BCUT2D eigenvalue weighted by molar-refractivity contribution is 0.102. The first kappa shape index (κ1) is 24.3. The van der Waals surface area contributed by atoms with E-state index in [-0.39, 0.29) is 16.8 Å². The summed E-state index contributed by atoms with van der Waals surface area (Å²) in [6, 6.07) is 20.2. The van der Waals surface area contributed by atoms with Crippen LogP contribution in [0.3, 0.4) is 0 Å². The molecule has 0 spiro atoms. The fraction of sp³-hybridized carbons (Fsp3) is 0.240. The zero-order chi connectivity index (χ0) is 24.0. The Kier molecular flexibility index (Phi) is 7.73. The monoisotopic (exact) mass is 467 g/mol. The number of rotatable bonds is 9. The summed E-state index contributed by atoms with van der Waals surface area (Å²) in [6.45, 7) is 4.23. The quantitative estimate of drug-likeness (QED) is 0.445. The first-order valence-electron chi connectivity index (χ1n) is 10.7. The highest BCUT2D eigenvalue weighted by molar-refractivity contribution is 7.89. The summed E-state index contributed by atoms with van der Waals surface area (Å²) in [5, 5.41) is 2.76. The van der Waals surface area contributed by atoms with E-state index in [1.165, 1.54) is 29.6 Å². The van der Waals surface area contributed by atoms with Crippen molar-refractivity contribution in [2.75, 3.05) is 24.7 Å². The highest BCUT2D eigenvalue weighted by Gasteiger charge is 2.29. The Hall–Kier alpha value is -3.36. The summed E-state index contributed by atoms with van der Waals surface area (Å²) in [7, 11) is -2.23. The van der Waals surface area contributed by atoms with E-state index in [9.17, 15) is 13.2 Å². The van der Waals surface area contributed by atoms with Gasteiger partial charge in [-0.2, -0.15) is 4.31 Å². The van der Waals surface area contributed by atoms with E-state index in [1.807, 2.05) is 44.2 Å². The van der Waals surface area contributed by atoms with Crippen LogP contribution in [-0.4, -0.2) is 32.3 Å². The molecular weight excluding hydrogens is 438 g/mol. The zero-order valence-electron chi connectivity index (χ0n) is 19.0. The number of nitrogen functional groups attached to an aromatic ring is 1. The molecule has 3 aromatic carbocycles. The lowest BCUT2D eigenvalue weighted by atomic mass is 10.1. The molecule has 3 N–H and O–H groups in total. The second-order valence-electron chi connectivity index (χ2n) is 7.64. The molecule has 0 aliphatic rings. The second kappa shape index (κ2) is 10.5. The number of anilines is 2. The third-order valence-electron chi connectivity index (χ3n) is 5.37. The maximum atomic E-state index is 13.4. The number of nitrogens with one attached hydrogen (secondary N) is 1. The van der Waals surface area contributed by atoms with Crippen molar-refractivity contribution >= 4 is 27.3 Å². The molecule has 3 rings (SSSR count). The molecule has 1 atom stereocenters. The summed E-state index contributed by atoms with van der Waals surface area (Å²) in [5.41, 5.74) is 8.01. The molecule has 1 amide bonds. The highest BCUT2D eigenvalue weighted by Crippen LogP contribution is 2.28. The van der Waals surface area contributed by atoms with Crippen molar-refractivity contribution in [3.8, 4) is 5.75 Å². The van der Waals surface area contributed by atoms with E-state index >= 15 is 0 Å². The Balaban J connectivity index is 1.79. The van der Waals surface area contributed by atoms with Gasteiger partial charge in [-0.25, -0.2) is 8.42 Å². The van der Waals surface area contributed by atoms with Gasteiger partial charge < -0.3 is 15.8 Å². The first-order chi connectivity index (χ1) is 15.8. The van der Waals surface area contributed by atoms with Gasteiger partial charge in [0, 0.05) is 23.8 Å². The van der Waals surface area contributed by atoms with Gasteiger partial charge in [0.05, 0.1) is 17.7 Å². The van der Waals surface area contributed by atoms with Gasteiger partial charge in [-0.05, 0) is 61.4 Å². The smallest absolute Gasteiger partial charge is 0.255 e. The van der Waals surface area contributed by atoms with Gasteiger partial charge in [-0.15, -0.1) is 0 Å². The third kappa shape index (κ3) is 5.53. The van der Waals surface area contributed by atoms with E-state index in [1.54, 1.807) is 24.3 Å². The number of amides is 1. The molecule has 7 nitrogen and oxygen atoms in total. The predicted octanol–water partition coefficient (Wildman–Crippen LogP) is 4.69. The van der Waals surface area contributed by atoms with Crippen molar-refractivity contribution in [3.63, 3.8) is 0 Å². The molecule has 0 saturated heterocycles. The minimum Gasteiger partial charge on any atom is -0.495 e. The molecule has 0 fully saturated rings. The summed E-state index contributed by atoms with van der Waals surface area (Å²) in [6.07, 6.45) is 0.690. The van der Waals surface area contributed by atoms with Crippen LogP contribution in [0, 0.1) is 0 Å². The van der Waals surface area contributed by atoms with Gasteiger partial charge in [0.25, 0.3) is 5.91 Å². The standard InChI is InChI=1S/C25H29N3O4S/c1-4-16-28(18(2)19-8-6-5-7-9-19)33(30,31)22-13-11-21(12-14-22)27-25(29)20-10-15-24(32-3)23(26)17-20/h5-15,17-18H,4,16,26H2,1-3H3,(H,27,29). The molecule has 1 unspecified atom stereocenters. The van der Waals surface area contributed by atoms with Crippen LogP contribution >= 0.6 is 0 Å². The van der Waals surface area contributed by atoms with Gasteiger partial charge in [-0.3, -0.25) is 4.79 Å². The van der Waals surface area contributed by atoms with Gasteiger partial charge in [0.1, 0.15) is 5.75 Å². The Morgan fingerprint density at radius 1 is 1.06 bits per heavy atom. The van der Waals surface area contributed by atoms with Crippen molar-refractivity contribution in [1.29, 1.82) is 0 Å². The maximum absolute atomic E-state index is 13.4. The van der Waals surface area contributed by atoms with Gasteiger partial charge in [0.15, 0.2) is 0 Å². The molecule has 0 aliphatic carbocycles. The molecular formula is C25H29N3O4S. The number of methoxy groups -OCH3 is 1. The van der Waals surface area contributed by atoms with Crippen molar-refractivity contribution in [2.24, 2.45) is 0 Å². The Morgan fingerprint density at radius 3 is 2.30 bits per heavy atom. The van der Waals surface area contributed by atoms with Crippen LogP contribution in [0.2, 0.25) is 0 Å². The van der Waals surface area contributed by atoms with Crippen molar-refractivity contribution < 1.29 is 17.9 Å². The summed E-state index contributed by atoms with van der Waals surface area (Å²) < 4.78 is 33.4. The number of carbonyl (C=O) groups excluding carboxylic acids is 1. The number of nitrogens with two attached hydrogens (primary N) is 1. The largest absolute Gasteiger partial charge is 0.495 e. The average molecular weight is 468 g/mol. The minimum absolute atomic E-state index is 0.172. The molecule has 0 heterocycles. The summed E-state index contributed by atoms with van der Waals surface area (Å²) in [4.78, 5) is 12.7. The Labute approximate surface area is 195 Å². The normalized spacial score (nSPS) is 12.4. The molecule has 0 aliphatic heterocycles. The Bertz CT molecular complexity index is 1200. The van der Waals surface area contributed by atoms with Crippen LogP contribution in [0.4, 0.5) is 11.4 Å². The number of benzene rings is 3. The molecule has 0 radical (unpaired) electrons. The SMILES string of the molecule is CCCN(C(C)c1ccccc1)S(=O)(=O)c1ccc(NC(=O)c2ccc(OC)c(N)c2)cc1. The predicted molar refractivity (Wildman–Crippen MR) is 131 cm³/mol.